The van der Waals surface area contributed by atoms with Crippen molar-refractivity contribution in [1.82, 2.24) is 10.6 Å². The van der Waals surface area contributed by atoms with Crippen LogP contribution in [-0.4, -0.2) is 57.7 Å². The Morgan fingerprint density at radius 3 is 2.94 bits per heavy atom. The molecule has 0 saturated carbocycles. The Labute approximate surface area is 107 Å². The van der Waals surface area contributed by atoms with Gasteiger partial charge >= 0.3 is 0 Å². The highest BCUT2D eigenvalue weighted by Gasteiger charge is 2.26. The molecule has 0 radical (unpaired) electrons. The van der Waals surface area contributed by atoms with E-state index < -0.39 is 9.84 Å². The molecule has 0 aliphatic carbocycles. The number of ether oxygens (including phenoxy) is 1. The van der Waals surface area contributed by atoms with Crippen molar-refractivity contribution in [2.24, 2.45) is 0 Å². The van der Waals surface area contributed by atoms with Crippen LogP contribution in [0, 0.1) is 0 Å². The lowest BCUT2D eigenvalue weighted by Gasteiger charge is -2.23. The Morgan fingerprint density at radius 2 is 2.28 bits per heavy atom. The molecule has 2 aliphatic rings. The number of carbonyl (C=O) groups excluding carboxylic acids is 1. The molecule has 2 atom stereocenters. The standard InChI is InChI=1S/C11H20N2O4S/c14-11(13-7-10-2-1-4-17-10)6-9-8-18(15,16)5-3-12-9/h9-10,12H,1-8H2,(H,13,14). The molecule has 0 aromatic rings. The third-order valence-corrected chi connectivity index (χ3v) is 5.02. The van der Waals surface area contributed by atoms with Gasteiger partial charge in [0.1, 0.15) is 0 Å². The van der Waals surface area contributed by atoms with Crippen molar-refractivity contribution in [3.63, 3.8) is 0 Å². The molecule has 2 rings (SSSR count). The first-order valence-corrected chi connectivity index (χ1v) is 8.19. The van der Waals surface area contributed by atoms with Gasteiger partial charge in [-0.25, -0.2) is 8.42 Å². The highest BCUT2D eigenvalue weighted by Crippen LogP contribution is 2.11. The second-order valence-corrected chi connectivity index (χ2v) is 7.14. The number of rotatable bonds is 4. The van der Waals surface area contributed by atoms with Gasteiger partial charge in [0.15, 0.2) is 9.84 Å². The van der Waals surface area contributed by atoms with Crippen LogP contribution in [0.15, 0.2) is 0 Å². The van der Waals surface area contributed by atoms with Crippen LogP contribution in [0.5, 0.6) is 0 Å². The normalized spacial score (nSPS) is 31.1. The molecule has 2 N–H and O–H groups in total. The van der Waals surface area contributed by atoms with Gasteiger partial charge in [0.25, 0.3) is 0 Å². The lowest BCUT2D eigenvalue weighted by Crippen LogP contribution is -2.47. The highest BCUT2D eigenvalue weighted by molar-refractivity contribution is 7.91. The molecule has 0 bridgehead atoms. The number of carbonyl (C=O) groups is 1. The fourth-order valence-corrected chi connectivity index (χ4v) is 3.77. The van der Waals surface area contributed by atoms with E-state index in [0.29, 0.717) is 13.1 Å². The van der Waals surface area contributed by atoms with Crippen molar-refractivity contribution in [2.75, 3.05) is 31.2 Å². The molecule has 0 spiro atoms. The lowest BCUT2D eigenvalue weighted by molar-refractivity contribution is -0.122. The molecule has 2 fully saturated rings. The van der Waals surface area contributed by atoms with Crippen molar-refractivity contribution in [1.29, 1.82) is 0 Å². The van der Waals surface area contributed by atoms with Crippen LogP contribution in [0.1, 0.15) is 19.3 Å². The van der Waals surface area contributed by atoms with Crippen LogP contribution in [0.2, 0.25) is 0 Å². The molecule has 2 aliphatic heterocycles. The predicted octanol–water partition coefficient (Wildman–Crippen LogP) is -0.942. The molecule has 104 valence electrons. The molecule has 0 aromatic heterocycles. The zero-order valence-electron chi connectivity index (χ0n) is 10.4. The van der Waals surface area contributed by atoms with Crippen molar-refractivity contribution < 1.29 is 17.9 Å². The van der Waals surface area contributed by atoms with Gasteiger partial charge in [-0.15, -0.1) is 0 Å². The minimum absolute atomic E-state index is 0.0559. The van der Waals surface area contributed by atoms with Crippen LogP contribution in [0.4, 0.5) is 0 Å². The molecule has 6 nitrogen and oxygen atoms in total. The molecular formula is C11H20N2O4S. The van der Waals surface area contributed by atoms with Gasteiger partial charge in [0.2, 0.25) is 5.91 Å². The maximum absolute atomic E-state index is 11.7. The Hall–Kier alpha value is -0.660. The smallest absolute Gasteiger partial charge is 0.221 e. The van der Waals surface area contributed by atoms with Crippen LogP contribution in [0.25, 0.3) is 0 Å². The molecule has 2 unspecified atom stereocenters. The fraction of sp³-hybridized carbons (Fsp3) is 0.909. The largest absolute Gasteiger partial charge is 0.376 e. The van der Waals surface area contributed by atoms with Gasteiger partial charge in [-0.05, 0) is 12.8 Å². The van der Waals surface area contributed by atoms with E-state index in [-0.39, 0.29) is 36.0 Å². The third-order valence-electron chi connectivity index (χ3n) is 3.28. The SMILES string of the molecule is O=C(CC1CS(=O)(=O)CCN1)NCC1CCCO1. The molecule has 2 heterocycles. The predicted molar refractivity (Wildman–Crippen MR) is 67.0 cm³/mol. The summed E-state index contributed by atoms with van der Waals surface area (Å²) in [5.41, 5.74) is 0. The van der Waals surface area contributed by atoms with E-state index in [0.717, 1.165) is 19.4 Å². The fourth-order valence-electron chi connectivity index (χ4n) is 2.33. The van der Waals surface area contributed by atoms with E-state index in [2.05, 4.69) is 10.6 Å². The summed E-state index contributed by atoms with van der Waals surface area (Å²) in [5.74, 6) is 0.113. The Bertz CT molecular complexity index is 390. The first-order valence-electron chi connectivity index (χ1n) is 6.37. The van der Waals surface area contributed by atoms with E-state index >= 15 is 0 Å². The van der Waals surface area contributed by atoms with E-state index in [1.807, 2.05) is 0 Å². The monoisotopic (exact) mass is 276 g/mol. The average molecular weight is 276 g/mol. The Kier molecular flexibility index (Phi) is 4.58. The third kappa shape index (κ3) is 4.22. The quantitative estimate of drug-likeness (QED) is 0.692. The second kappa shape index (κ2) is 5.99. The maximum atomic E-state index is 11.7. The summed E-state index contributed by atoms with van der Waals surface area (Å²) in [6.07, 6.45) is 2.36. The molecule has 18 heavy (non-hydrogen) atoms. The molecular weight excluding hydrogens is 256 g/mol. The average Bonchev–Trinajstić information content (AvgIpc) is 2.77. The van der Waals surface area contributed by atoms with E-state index in [1.165, 1.54) is 0 Å². The number of hydrogen-bond donors (Lipinski definition) is 2. The molecule has 1 amide bonds. The molecule has 0 aromatic carbocycles. The minimum atomic E-state index is -2.98. The summed E-state index contributed by atoms with van der Waals surface area (Å²) in [7, 11) is -2.98. The maximum Gasteiger partial charge on any atom is 0.221 e. The van der Waals surface area contributed by atoms with E-state index in [9.17, 15) is 13.2 Å². The Balaban J connectivity index is 1.70. The van der Waals surface area contributed by atoms with Gasteiger partial charge in [0.05, 0.1) is 17.6 Å². The van der Waals surface area contributed by atoms with E-state index in [1.54, 1.807) is 0 Å². The van der Waals surface area contributed by atoms with Crippen molar-refractivity contribution >= 4 is 15.7 Å². The summed E-state index contributed by atoms with van der Waals surface area (Å²) in [4.78, 5) is 11.7. The number of nitrogens with one attached hydrogen (secondary N) is 2. The van der Waals surface area contributed by atoms with Crippen LogP contribution in [0.3, 0.4) is 0 Å². The van der Waals surface area contributed by atoms with E-state index in [4.69, 9.17) is 4.74 Å². The van der Waals surface area contributed by atoms with Gasteiger partial charge < -0.3 is 15.4 Å². The van der Waals surface area contributed by atoms with Gasteiger partial charge in [-0.2, -0.15) is 0 Å². The first kappa shape index (κ1) is 13.8. The summed E-state index contributed by atoms with van der Waals surface area (Å²) in [6, 6.07) is -0.256. The summed E-state index contributed by atoms with van der Waals surface area (Å²) >= 11 is 0. The van der Waals surface area contributed by atoms with Gasteiger partial charge in [-0.1, -0.05) is 0 Å². The number of hydrogen-bond acceptors (Lipinski definition) is 5. The summed E-state index contributed by atoms with van der Waals surface area (Å²) in [6.45, 7) is 1.73. The summed E-state index contributed by atoms with van der Waals surface area (Å²) in [5, 5.41) is 5.86. The number of amides is 1. The highest BCUT2D eigenvalue weighted by atomic mass is 32.2. The second-order valence-electron chi connectivity index (χ2n) is 4.91. The number of sulfone groups is 1. The van der Waals surface area contributed by atoms with Gasteiger partial charge in [-0.3, -0.25) is 4.79 Å². The van der Waals surface area contributed by atoms with Crippen LogP contribution in [-0.2, 0) is 19.4 Å². The first-order chi connectivity index (χ1) is 8.55. The van der Waals surface area contributed by atoms with Crippen molar-refractivity contribution in [3.8, 4) is 0 Å². The van der Waals surface area contributed by atoms with Crippen molar-refractivity contribution in [2.45, 2.75) is 31.4 Å². The van der Waals surface area contributed by atoms with Crippen LogP contribution < -0.4 is 10.6 Å². The molecule has 2 saturated heterocycles. The Morgan fingerprint density at radius 1 is 1.44 bits per heavy atom. The lowest BCUT2D eigenvalue weighted by atomic mass is 10.2. The minimum Gasteiger partial charge on any atom is -0.376 e. The summed E-state index contributed by atoms with van der Waals surface area (Å²) < 4.78 is 28.2. The topological polar surface area (TPSA) is 84.5 Å². The molecule has 7 heteroatoms. The van der Waals surface area contributed by atoms with Crippen molar-refractivity contribution in [3.05, 3.63) is 0 Å². The van der Waals surface area contributed by atoms with Crippen LogP contribution >= 0.6 is 0 Å². The zero-order valence-corrected chi connectivity index (χ0v) is 11.2. The zero-order chi connectivity index (χ0) is 13.0. The van der Waals surface area contributed by atoms with Gasteiger partial charge in [0, 0.05) is 32.2 Å².